The Labute approximate surface area is 206 Å². The van der Waals surface area contributed by atoms with Gasteiger partial charge in [-0.2, -0.15) is 5.10 Å². The number of aromatic amines is 1. The second-order valence-corrected chi connectivity index (χ2v) is 10.7. The van der Waals surface area contributed by atoms with E-state index in [9.17, 15) is 4.79 Å². The van der Waals surface area contributed by atoms with Crippen LogP contribution in [0.25, 0.3) is 37.6 Å². The highest BCUT2D eigenvalue weighted by atomic mass is 32.1. The SMILES string of the molecule is Cc1cc(-c2[nH]c3cc(-c4cnc5c(c4)CN(CC(N)=O)CC5)sc3c2C(C)C)cn2ncnc12. The van der Waals surface area contributed by atoms with Crippen molar-refractivity contribution in [1.82, 2.24) is 29.5 Å². The number of carbonyl (C=O) groups is 1. The van der Waals surface area contributed by atoms with Gasteiger partial charge in [0, 0.05) is 53.6 Å². The van der Waals surface area contributed by atoms with Crippen LogP contribution in [0.2, 0.25) is 0 Å². The number of amides is 1. The summed E-state index contributed by atoms with van der Waals surface area (Å²) in [6.45, 7) is 8.34. The van der Waals surface area contributed by atoms with Crippen LogP contribution in [0.1, 0.15) is 42.1 Å². The van der Waals surface area contributed by atoms with Crippen molar-refractivity contribution in [2.45, 2.75) is 39.7 Å². The molecular formula is C26H27N7OS. The quantitative estimate of drug-likeness (QED) is 0.387. The van der Waals surface area contributed by atoms with Crippen molar-refractivity contribution >= 4 is 33.1 Å². The normalized spacial score (nSPS) is 14.3. The van der Waals surface area contributed by atoms with Gasteiger partial charge in [-0.15, -0.1) is 11.3 Å². The molecule has 5 aromatic rings. The van der Waals surface area contributed by atoms with Crippen molar-refractivity contribution in [3.8, 4) is 21.7 Å². The van der Waals surface area contributed by atoms with Gasteiger partial charge in [0.2, 0.25) is 5.91 Å². The summed E-state index contributed by atoms with van der Waals surface area (Å²) in [5.74, 6) is 0.0568. The smallest absolute Gasteiger partial charge is 0.231 e. The predicted molar refractivity (Wildman–Crippen MR) is 138 cm³/mol. The Morgan fingerprint density at radius 3 is 2.89 bits per heavy atom. The highest BCUT2D eigenvalue weighted by molar-refractivity contribution is 7.22. The molecule has 0 fully saturated rings. The Bertz CT molecular complexity index is 1590. The molecule has 178 valence electrons. The summed E-state index contributed by atoms with van der Waals surface area (Å²) >= 11 is 1.80. The van der Waals surface area contributed by atoms with Crippen molar-refractivity contribution in [2.24, 2.45) is 5.73 Å². The number of aromatic nitrogens is 5. The molecule has 0 unspecified atom stereocenters. The maximum absolute atomic E-state index is 11.4. The zero-order valence-electron chi connectivity index (χ0n) is 20.0. The first-order valence-corrected chi connectivity index (χ1v) is 12.6. The molecule has 0 radical (unpaired) electrons. The minimum Gasteiger partial charge on any atom is -0.369 e. The van der Waals surface area contributed by atoms with E-state index >= 15 is 0 Å². The van der Waals surface area contributed by atoms with Crippen molar-refractivity contribution in [2.75, 3.05) is 13.1 Å². The van der Waals surface area contributed by atoms with E-state index in [2.05, 4.69) is 58.9 Å². The number of rotatable bonds is 5. The molecule has 1 aliphatic heterocycles. The molecular weight excluding hydrogens is 458 g/mol. The molecule has 6 heterocycles. The van der Waals surface area contributed by atoms with Crippen LogP contribution in [0.5, 0.6) is 0 Å². The summed E-state index contributed by atoms with van der Waals surface area (Å²) in [7, 11) is 0. The first kappa shape index (κ1) is 21.9. The van der Waals surface area contributed by atoms with E-state index in [-0.39, 0.29) is 12.5 Å². The van der Waals surface area contributed by atoms with Gasteiger partial charge in [0.25, 0.3) is 0 Å². The molecule has 6 rings (SSSR count). The number of nitrogens with zero attached hydrogens (tertiary/aromatic N) is 5. The Hall–Kier alpha value is -3.56. The number of carbonyl (C=O) groups excluding carboxylic acids is 1. The number of hydrogen-bond donors (Lipinski definition) is 2. The van der Waals surface area contributed by atoms with Gasteiger partial charge in [0.15, 0.2) is 5.65 Å². The first-order valence-electron chi connectivity index (χ1n) is 11.8. The molecule has 5 aromatic heterocycles. The van der Waals surface area contributed by atoms with Crippen LogP contribution < -0.4 is 5.73 Å². The largest absolute Gasteiger partial charge is 0.369 e. The minimum atomic E-state index is -0.291. The molecule has 1 amide bonds. The zero-order valence-corrected chi connectivity index (χ0v) is 20.8. The number of thiophene rings is 1. The van der Waals surface area contributed by atoms with Gasteiger partial charge in [-0.25, -0.2) is 9.50 Å². The number of primary amides is 1. The Morgan fingerprint density at radius 1 is 1.23 bits per heavy atom. The number of pyridine rings is 2. The molecule has 0 aliphatic carbocycles. The third-order valence-corrected chi connectivity index (χ3v) is 7.93. The maximum atomic E-state index is 11.4. The third-order valence-electron chi connectivity index (χ3n) is 6.71. The van der Waals surface area contributed by atoms with Crippen molar-refractivity contribution in [3.63, 3.8) is 0 Å². The second-order valence-electron chi connectivity index (χ2n) is 9.62. The van der Waals surface area contributed by atoms with Crippen LogP contribution in [-0.2, 0) is 17.8 Å². The zero-order chi connectivity index (χ0) is 24.3. The lowest BCUT2D eigenvalue weighted by Crippen LogP contribution is -2.37. The van der Waals surface area contributed by atoms with Crippen molar-refractivity contribution in [1.29, 1.82) is 0 Å². The van der Waals surface area contributed by atoms with Crippen molar-refractivity contribution < 1.29 is 4.79 Å². The Balaban J connectivity index is 1.40. The van der Waals surface area contributed by atoms with Crippen molar-refractivity contribution in [3.05, 3.63) is 59.3 Å². The van der Waals surface area contributed by atoms with E-state index in [1.807, 2.05) is 16.9 Å². The molecule has 8 nitrogen and oxygen atoms in total. The van der Waals surface area contributed by atoms with Crippen LogP contribution in [0.15, 0.2) is 36.9 Å². The lowest BCUT2D eigenvalue weighted by Gasteiger charge is -2.27. The summed E-state index contributed by atoms with van der Waals surface area (Å²) in [5, 5.41) is 4.35. The fraction of sp³-hybridized carbons (Fsp3) is 0.308. The Kier molecular flexibility index (Phi) is 5.19. The van der Waals surface area contributed by atoms with E-state index in [0.717, 1.165) is 52.2 Å². The third kappa shape index (κ3) is 3.81. The van der Waals surface area contributed by atoms with Crippen LogP contribution in [0.3, 0.4) is 0 Å². The van der Waals surface area contributed by atoms with Gasteiger partial charge in [-0.3, -0.25) is 14.7 Å². The second kappa shape index (κ2) is 8.28. The maximum Gasteiger partial charge on any atom is 0.231 e. The van der Waals surface area contributed by atoms with Crippen LogP contribution >= 0.6 is 11.3 Å². The molecule has 0 spiro atoms. The molecule has 0 atom stereocenters. The van der Waals surface area contributed by atoms with E-state index < -0.39 is 0 Å². The molecule has 3 N–H and O–H groups in total. The molecule has 0 saturated carbocycles. The fourth-order valence-electron chi connectivity index (χ4n) is 5.13. The predicted octanol–water partition coefficient (Wildman–Crippen LogP) is 4.28. The average molecular weight is 486 g/mol. The summed E-state index contributed by atoms with van der Waals surface area (Å²) < 4.78 is 3.12. The van der Waals surface area contributed by atoms with Crippen LogP contribution in [-0.4, -0.2) is 48.5 Å². The molecule has 35 heavy (non-hydrogen) atoms. The summed E-state index contributed by atoms with van der Waals surface area (Å²) in [6.07, 6.45) is 6.45. The van der Waals surface area contributed by atoms with E-state index in [0.29, 0.717) is 12.5 Å². The Morgan fingerprint density at radius 2 is 2.09 bits per heavy atom. The highest BCUT2D eigenvalue weighted by Gasteiger charge is 2.22. The molecule has 9 heteroatoms. The fourth-order valence-corrected chi connectivity index (χ4v) is 6.42. The molecule has 1 aliphatic rings. The number of aryl methyl sites for hydroxylation is 1. The van der Waals surface area contributed by atoms with E-state index in [1.54, 1.807) is 17.7 Å². The van der Waals surface area contributed by atoms with E-state index in [4.69, 9.17) is 10.7 Å². The first-order chi connectivity index (χ1) is 16.9. The standard InChI is InChI=1S/C26H27N7OS/c1-14(2)23-24(18-6-15(3)26-29-13-30-33(26)11-18)31-20-8-21(35-25(20)23)16-7-17-10-32(12-22(27)34)5-4-19(17)28-9-16/h6-9,11,13-14,31H,4-5,10,12H2,1-3H3,(H2,27,34). The number of nitrogens with two attached hydrogens (primary N) is 1. The van der Waals surface area contributed by atoms with E-state index in [1.165, 1.54) is 20.7 Å². The van der Waals surface area contributed by atoms with Gasteiger partial charge < -0.3 is 10.7 Å². The lowest BCUT2D eigenvalue weighted by molar-refractivity contribution is -0.119. The summed E-state index contributed by atoms with van der Waals surface area (Å²) in [6, 6.07) is 6.62. The van der Waals surface area contributed by atoms with Crippen LogP contribution in [0, 0.1) is 6.92 Å². The monoisotopic (exact) mass is 485 g/mol. The lowest BCUT2D eigenvalue weighted by atomic mass is 9.99. The number of fused-ring (bicyclic) bond motifs is 3. The summed E-state index contributed by atoms with van der Waals surface area (Å²) in [5.41, 5.74) is 15.5. The van der Waals surface area contributed by atoms with Gasteiger partial charge in [-0.1, -0.05) is 13.8 Å². The van der Waals surface area contributed by atoms with Crippen LogP contribution in [0.4, 0.5) is 0 Å². The van der Waals surface area contributed by atoms with Gasteiger partial charge in [-0.05, 0) is 47.7 Å². The molecule has 0 aromatic carbocycles. The topological polar surface area (TPSA) is 105 Å². The number of hydrogen-bond acceptors (Lipinski definition) is 6. The molecule has 0 saturated heterocycles. The molecule has 0 bridgehead atoms. The minimum absolute atomic E-state index is 0.284. The summed E-state index contributed by atoms with van der Waals surface area (Å²) in [4.78, 5) is 27.5. The van der Waals surface area contributed by atoms with Gasteiger partial charge >= 0.3 is 0 Å². The van der Waals surface area contributed by atoms with Gasteiger partial charge in [0.05, 0.1) is 22.5 Å². The highest BCUT2D eigenvalue weighted by Crippen LogP contribution is 2.43. The average Bonchev–Trinajstić information content (AvgIpc) is 3.52. The van der Waals surface area contributed by atoms with Gasteiger partial charge in [0.1, 0.15) is 6.33 Å². The number of nitrogens with one attached hydrogen (secondary N) is 1. The number of H-pyrrole nitrogens is 1.